The zero-order valence-electron chi connectivity index (χ0n) is 12.1. The molecule has 110 valence electrons. The van der Waals surface area contributed by atoms with E-state index in [-0.39, 0.29) is 18.0 Å². The molecule has 2 aliphatic heterocycles. The summed E-state index contributed by atoms with van der Waals surface area (Å²) < 4.78 is 2.19. The van der Waals surface area contributed by atoms with Gasteiger partial charge in [-0.25, -0.2) is 0 Å². The molecule has 2 N–H and O–H groups in total. The molecule has 6 nitrogen and oxygen atoms in total. The second-order valence-corrected chi connectivity index (χ2v) is 5.82. The smallest absolute Gasteiger partial charge is 0.237 e. The fourth-order valence-electron chi connectivity index (χ4n) is 3.11. The van der Waals surface area contributed by atoms with Crippen LogP contribution in [0.5, 0.6) is 0 Å². The predicted octanol–water partition coefficient (Wildman–Crippen LogP) is 0.934. The lowest BCUT2D eigenvalue weighted by Gasteiger charge is -2.17. The number of carbonyl (C=O) groups is 1. The minimum Gasteiger partial charge on any atom is -0.345 e. The van der Waals surface area contributed by atoms with Crippen LogP contribution < -0.4 is 10.6 Å². The van der Waals surface area contributed by atoms with Crippen molar-refractivity contribution in [1.29, 1.82) is 0 Å². The summed E-state index contributed by atoms with van der Waals surface area (Å²) in [6.07, 6.45) is 6.60. The predicted molar refractivity (Wildman–Crippen MR) is 75.2 cm³/mol. The van der Waals surface area contributed by atoms with Gasteiger partial charge in [0, 0.05) is 13.0 Å². The first-order valence-electron chi connectivity index (χ1n) is 7.71. The lowest BCUT2D eigenvalue weighted by Crippen LogP contribution is -2.42. The first-order chi connectivity index (χ1) is 9.75. The Morgan fingerprint density at radius 3 is 3.05 bits per heavy atom. The number of nitrogens with one attached hydrogen (secondary N) is 2. The molecule has 2 atom stereocenters. The van der Waals surface area contributed by atoms with E-state index in [1.54, 1.807) is 0 Å². The van der Waals surface area contributed by atoms with Gasteiger partial charge in [0.1, 0.15) is 5.82 Å². The van der Waals surface area contributed by atoms with E-state index < -0.39 is 0 Å². The fourth-order valence-corrected chi connectivity index (χ4v) is 3.11. The van der Waals surface area contributed by atoms with Crippen molar-refractivity contribution in [3.8, 4) is 0 Å². The summed E-state index contributed by atoms with van der Waals surface area (Å²) in [5, 5.41) is 14.9. The summed E-state index contributed by atoms with van der Waals surface area (Å²) in [6.45, 7) is 3.90. The van der Waals surface area contributed by atoms with E-state index in [1.807, 2.05) is 6.92 Å². The average Bonchev–Trinajstić information content (AvgIpc) is 3.04. The minimum absolute atomic E-state index is 0.0380. The number of hydrogen-bond donors (Lipinski definition) is 2. The number of fused-ring (bicyclic) bond motifs is 1. The Morgan fingerprint density at radius 2 is 2.25 bits per heavy atom. The molecule has 1 aromatic heterocycles. The molecule has 1 saturated heterocycles. The topological polar surface area (TPSA) is 71.8 Å². The van der Waals surface area contributed by atoms with Crippen molar-refractivity contribution in [2.24, 2.45) is 0 Å². The SMILES string of the molecule is CC(NC(=O)C1CCCN1)c1nnc2n1CCCCC2. The van der Waals surface area contributed by atoms with Crippen molar-refractivity contribution in [2.75, 3.05) is 6.54 Å². The van der Waals surface area contributed by atoms with Crippen LogP contribution in [0.1, 0.15) is 56.7 Å². The van der Waals surface area contributed by atoms with E-state index in [2.05, 4.69) is 25.4 Å². The van der Waals surface area contributed by atoms with Gasteiger partial charge in [-0.2, -0.15) is 0 Å². The molecular weight excluding hydrogens is 254 g/mol. The van der Waals surface area contributed by atoms with Crippen molar-refractivity contribution in [3.05, 3.63) is 11.6 Å². The Balaban J connectivity index is 1.69. The Morgan fingerprint density at radius 1 is 1.35 bits per heavy atom. The van der Waals surface area contributed by atoms with Gasteiger partial charge in [-0.15, -0.1) is 10.2 Å². The second kappa shape index (κ2) is 5.91. The van der Waals surface area contributed by atoms with Crippen molar-refractivity contribution in [2.45, 2.75) is 64.1 Å². The van der Waals surface area contributed by atoms with E-state index >= 15 is 0 Å². The Labute approximate surface area is 119 Å². The standard InChI is InChI=1S/C14H23N5O/c1-10(16-14(20)11-6-5-8-15-11)13-18-17-12-7-3-2-4-9-19(12)13/h10-11,15H,2-9H2,1H3,(H,16,20). The summed E-state index contributed by atoms with van der Waals surface area (Å²) in [4.78, 5) is 12.2. The number of amides is 1. The molecule has 3 rings (SSSR count). The highest BCUT2D eigenvalue weighted by molar-refractivity contribution is 5.82. The summed E-state index contributed by atoms with van der Waals surface area (Å²) in [5.74, 6) is 2.05. The summed E-state index contributed by atoms with van der Waals surface area (Å²) >= 11 is 0. The zero-order chi connectivity index (χ0) is 13.9. The monoisotopic (exact) mass is 277 g/mol. The number of aryl methyl sites for hydroxylation is 1. The summed E-state index contributed by atoms with van der Waals surface area (Å²) in [7, 11) is 0. The van der Waals surface area contributed by atoms with E-state index in [1.165, 1.54) is 19.3 Å². The number of aromatic nitrogens is 3. The minimum atomic E-state index is -0.0794. The Bertz CT molecular complexity index is 478. The largest absolute Gasteiger partial charge is 0.345 e. The number of rotatable bonds is 3. The molecule has 0 spiro atoms. The van der Waals surface area contributed by atoms with Gasteiger partial charge in [-0.1, -0.05) is 6.42 Å². The van der Waals surface area contributed by atoms with Gasteiger partial charge in [0.05, 0.1) is 12.1 Å². The van der Waals surface area contributed by atoms with Gasteiger partial charge < -0.3 is 15.2 Å². The molecule has 6 heteroatoms. The van der Waals surface area contributed by atoms with E-state index in [9.17, 15) is 4.79 Å². The quantitative estimate of drug-likeness (QED) is 0.862. The van der Waals surface area contributed by atoms with Crippen LogP contribution in [0.3, 0.4) is 0 Å². The van der Waals surface area contributed by atoms with Crippen LogP contribution in [0.4, 0.5) is 0 Å². The number of nitrogens with zero attached hydrogens (tertiary/aromatic N) is 3. The molecule has 0 aliphatic carbocycles. The highest BCUT2D eigenvalue weighted by atomic mass is 16.2. The third-order valence-electron chi connectivity index (χ3n) is 4.26. The van der Waals surface area contributed by atoms with Gasteiger partial charge in [-0.3, -0.25) is 4.79 Å². The maximum Gasteiger partial charge on any atom is 0.237 e. The van der Waals surface area contributed by atoms with Crippen molar-refractivity contribution in [3.63, 3.8) is 0 Å². The van der Waals surface area contributed by atoms with Gasteiger partial charge in [0.25, 0.3) is 0 Å². The molecule has 2 aliphatic rings. The first kappa shape index (κ1) is 13.5. The van der Waals surface area contributed by atoms with Crippen LogP contribution in [0.25, 0.3) is 0 Å². The molecule has 1 fully saturated rings. The van der Waals surface area contributed by atoms with E-state index in [0.29, 0.717) is 0 Å². The van der Waals surface area contributed by atoms with Gasteiger partial charge >= 0.3 is 0 Å². The highest BCUT2D eigenvalue weighted by Gasteiger charge is 2.26. The van der Waals surface area contributed by atoms with E-state index in [4.69, 9.17) is 0 Å². The Hall–Kier alpha value is -1.43. The van der Waals surface area contributed by atoms with Crippen LogP contribution in [-0.4, -0.2) is 33.3 Å². The third-order valence-corrected chi connectivity index (χ3v) is 4.26. The van der Waals surface area contributed by atoms with E-state index in [0.717, 1.165) is 44.0 Å². The number of hydrogen-bond acceptors (Lipinski definition) is 4. The van der Waals surface area contributed by atoms with Crippen molar-refractivity contribution >= 4 is 5.91 Å². The highest BCUT2D eigenvalue weighted by Crippen LogP contribution is 2.19. The maximum absolute atomic E-state index is 12.2. The molecule has 1 amide bonds. The molecule has 3 heterocycles. The van der Waals surface area contributed by atoms with Gasteiger partial charge in [0.2, 0.25) is 5.91 Å². The molecule has 0 radical (unpaired) electrons. The molecule has 0 aromatic carbocycles. The molecule has 0 bridgehead atoms. The third kappa shape index (κ3) is 2.70. The van der Waals surface area contributed by atoms with Crippen molar-refractivity contribution < 1.29 is 4.79 Å². The van der Waals surface area contributed by atoms with Crippen molar-refractivity contribution in [1.82, 2.24) is 25.4 Å². The fraction of sp³-hybridized carbons (Fsp3) is 0.786. The van der Waals surface area contributed by atoms with Crippen LogP contribution >= 0.6 is 0 Å². The van der Waals surface area contributed by atoms with Crippen LogP contribution in [-0.2, 0) is 17.8 Å². The Kier molecular flexibility index (Phi) is 4.00. The molecular formula is C14H23N5O. The average molecular weight is 277 g/mol. The van der Waals surface area contributed by atoms with Crippen LogP contribution in [0.2, 0.25) is 0 Å². The maximum atomic E-state index is 12.2. The number of carbonyl (C=O) groups excluding carboxylic acids is 1. The second-order valence-electron chi connectivity index (χ2n) is 5.82. The molecule has 2 unspecified atom stereocenters. The van der Waals surface area contributed by atoms with Gasteiger partial charge in [0.15, 0.2) is 5.82 Å². The normalized spacial score (nSPS) is 23.9. The molecule has 1 aromatic rings. The lowest BCUT2D eigenvalue weighted by molar-refractivity contribution is -0.123. The van der Waals surface area contributed by atoms with Crippen LogP contribution in [0, 0.1) is 0 Å². The molecule has 20 heavy (non-hydrogen) atoms. The summed E-state index contributed by atoms with van der Waals surface area (Å²) in [5.41, 5.74) is 0. The summed E-state index contributed by atoms with van der Waals surface area (Å²) in [6, 6.07) is -0.117. The first-order valence-corrected chi connectivity index (χ1v) is 7.71. The molecule has 0 saturated carbocycles. The lowest BCUT2D eigenvalue weighted by atomic mass is 10.2. The van der Waals surface area contributed by atoms with Gasteiger partial charge in [-0.05, 0) is 39.2 Å². The van der Waals surface area contributed by atoms with Crippen LogP contribution in [0.15, 0.2) is 0 Å². The zero-order valence-corrected chi connectivity index (χ0v) is 12.1.